The van der Waals surface area contributed by atoms with Crippen molar-refractivity contribution in [2.24, 2.45) is 0 Å². The highest BCUT2D eigenvalue weighted by molar-refractivity contribution is 5.71. The highest BCUT2D eigenvalue weighted by Crippen LogP contribution is 2.17. The number of rotatable bonds is 54. The Morgan fingerprint density at radius 1 is 0.290 bits per heavy atom. The summed E-state index contributed by atoms with van der Waals surface area (Å²) in [5, 5.41) is 0. The van der Waals surface area contributed by atoms with E-state index in [9.17, 15) is 14.4 Å². The lowest BCUT2D eigenvalue weighted by molar-refractivity contribution is -0.166. The molecule has 0 heterocycles. The van der Waals surface area contributed by atoms with Crippen LogP contribution in [0.4, 0.5) is 0 Å². The zero-order valence-electron chi connectivity index (χ0n) is 45.8. The van der Waals surface area contributed by atoms with Crippen LogP contribution in [-0.2, 0) is 28.6 Å². The minimum atomic E-state index is -0.810. The van der Waals surface area contributed by atoms with Crippen molar-refractivity contribution in [3.05, 3.63) is 60.8 Å². The van der Waals surface area contributed by atoms with Gasteiger partial charge in [-0.15, -0.1) is 0 Å². The molecule has 6 heteroatoms. The Bertz CT molecular complexity index is 1250. The second-order valence-electron chi connectivity index (χ2n) is 19.9. The molecule has 0 aromatic rings. The van der Waals surface area contributed by atoms with E-state index in [-0.39, 0.29) is 37.5 Å². The molecule has 0 unspecified atom stereocenters. The molecule has 0 aromatic carbocycles. The average molecular weight is 966 g/mol. The molecule has 1 atom stereocenters. The molecule has 0 amide bonds. The maximum atomic E-state index is 12.8. The molecule has 0 radical (unpaired) electrons. The fraction of sp³-hybridized carbons (Fsp3) is 0.794. The number of ether oxygens (including phenoxy) is 3. The highest BCUT2D eigenvalue weighted by Gasteiger charge is 2.19. The molecule has 0 saturated heterocycles. The lowest BCUT2D eigenvalue weighted by Crippen LogP contribution is -2.30. The molecule has 400 valence electrons. The summed E-state index contributed by atoms with van der Waals surface area (Å²) >= 11 is 0. The van der Waals surface area contributed by atoms with Crippen LogP contribution in [0.3, 0.4) is 0 Å². The van der Waals surface area contributed by atoms with Crippen molar-refractivity contribution >= 4 is 17.9 Å². The summed E-state index contributed by atoms with van der Waals surface area (Å²) in [6, 6.07) is 0. The first kappa shape index (κ1) is 66.1. The summed E-state index contributed by atoms with van der Waals surface area (Å²) in [6.45, 7) is 6.58. The van der Waals surface area contributed by atoms with E-state index < -0.39 is 6.10 Å². The van der Waals surface area contributed by atoms with E-state index in [1.54, 1.807) is 0 Å². The van der Waals surface area contributed by atoms with Crippen molar-refractivity contribution in [3.8, 4) is 0 Å². The van der Waals surface area contributed by atoms with Crippen molar-refractivity contribution in [1.29, 1.82) is 0 Å². The van der Waals surface area contributed by atoms with Crippen molar-refractivity contribution < 1.29 is 28.6 Å². The van der Waals surface area contributed by atoms with Gasteiger partial charge in [0.25, 0.3) is 0 Å². The number of hydrogen-bond donors (Lipinski definition) is 0. The van der Waals surface area contributed by atoms with Gasteiger partial charge in [-0.05, 0) is 57.8 Å². The van der Waals surface area contributed by atoms with Gasteiger partial charge in [-0.25, -0.2) is 0 Å². The molecule has 0 aromatic heterocycles. The number of carbonyl (C=O) groups excluding carboxylic acids is 3. The van der Waals surface area contributed by atoms with Crippen LogP contribution in [-0.4, -0.2) is 37.2 Å². The Labute approximate surface area is 428 Å². The standard InChI is InChI=1S/C63H112O6/c1-4-7-10-13-16-19-22-24-26-28-30-31-33-34-36-38-41-44-47-50-53-56-62(65)68-59-60(58-67-61(64)55-52-49-46-43-40-21-18-15-12-9-6-3)69-63(66)57-54-51-48-45-42-39-37-35-32-29-27-25-23-20-17-14-11-8-5-2/h17,20,25,27,32,35,39,42,48,51,60H,4-16,18-19,21-24,26,28-31,33-34,36-38,40-41,43-47,49-50,52-59H2,1-3H3/b20-17-,27-25-,35-32-,42-39-,51-48-/t60-/m0/s1. The van der Waals surface area contributed by atoms with Gasteiger partial charge in [-0.3, -0.25) is 14.4 Å². The zero-order valence-corrected chi connectivity index (χ0v) is 45.8. The molecule has 0 aliphatic rings. The Morgan fingerprint density at radius 2 is 0.551 bits per heavy atom. The minimum absolute atomic E-state index is 0.0997. The first-order valence-corrected chi connectivity index (χ1v) is 29.8. The SMILES string of the molecule is CCCCC/C=C\C/C=C\C/C=C\C/C=C\C/C=C\CCC(=O)O[C@@H](COC(=O)CCCCCCCCCCCCC)COC(=O)CCCCCCCCCCCCCCCCCCCCCCC. The molecule has 0 fully saturated rings. The van der Waals surface area contributed by atoms with Crippen molar-refractivity contribution in [3.63, 3.8) is 0 Å². The van der Waals surface area contributed by atoms with Crippen molar-refractivity contribution in [2.75, 3.05) is 13.2 Å². The number of unbranched alkanes of at least 4 members (excludes halogenated alkanes) is 33. The lowest BCUT2D eigenvalue weighted by Gasteiger charge is -2.18. The minimum Gasteiger partial charge on any atom is -0.462 e. The number of esters is 3. The fourth-order valence-corrected chi connectivity index (χ4v) is 8.55. The summed E-state index contributed by atoms with van der Waals surface area (Å²) < 4.78 is 16.8. The highest BCUT2D eigenvalue weighted by atomic mass is 16.6. The number of carbonyl (C=O) groups is 3. The van der Waals surface area contributed by atoms with Gasteiger partial charge in [-0.1, -0.05) is 287 Å². The summed E-state index contributed by atoms with van der Waals surface area (Å²) in [4.78, 5) is 38.1. The van der Waals surface area contributed by atoms with Crippen LogP contribution < -0.4 is 0 Å². The van der Waals surface area contributed by atoms with Gasteiger partial charge >= 0.3 is 17.9 Å². The second-order valence-corrected chi connectivity index (χ2v) is 19.9. The zero-order chi connectivity index (χ0) is 50.0. The molecule has 6 nitrogen and oxygen atoms in total. The van der Waals surface area contributed by atoms with Crippen molar-refractivity contribution in [1.82, 2.24) is 0 Å². The maximum Gasteiger partial charge on any atom is 0.306 e. The first-order valence-electron chi connectivity index (χ1n) is 29.8. The van der Waals surface area contributed by atoms with Crippen LogP contribution in [0.25, 0.3) is 0 Å². The monoisotopic (exact) mass is 965 g/mol. The topological polar surface area (TPSA) is 78.9 Å². The van der Waals surface area contributed by atoms with E-state index in [4.69, 9.17) is 14.2 Å². The molecule has 69 heavy (non-hydrogen) atoms. The molecular weight excluding hydrogens is 853 g/mol. The normalized spacial score (nSPS) is 12.4. The van der Waals surface area contributed by atoms with Crippen LogP contribution in [0, 0.1) is 0 Å². The summed E-state index contributed by atoms with van der Waals surface area (Å²) in [5.74, 6) is -0.970. The van der Waals surface area contributed by atoms with E-state index in [1.807, 2.05) is 6.08 Å². The quantitative estimate of drug-likeness (QED) is 0.0262. The Balaban J connectivity index is 4.38. The molecule has 0 saturated carbocycles. The first-order chi connectivity index (χ1) is 34.0. The lowest BCUT2D eigenvalue weighted by atomic mass is 10.0. The molecule has 0 rings (SSSR count). The summed E-state index contributed by atoms with van der Waals surface area (Å²) in [6.07, 6.45) is 72.3. The van der Waals surface area contributed by atoms with Gasteiger partial charge in [0.15, 0.2) is 6.10 Å². The van der Waals surface area contributed by atoms with Gasteiger partial charge in [0.2, 0.25) is 0 Å². The molecular formula is C63H112O6. The third kappa shape index (κ3) is 55.9. The van der Waals surface area contributed by atoms with Gasteiger partial charge in [-0.2, -0.15) is 0 Å². The predicted octanol–water partition coefficient (Wildman–Crippen LogP) is 20.0. The Kier molecular flexibility index (Phi) is 55.3. The third-order valence-corrected chi connectivity index (χ3v) is 13.0. The number of hydrogen-bond acceptors (Lipinski definition) is 6. The van der Waals surface area contributed by atoms with Crippen molar-refractivity contribution in [2.45, 2.75) is 309 Å². The van der Waals surface area contributed by atoms with E-state index in [0.29, 0.717) is 19.3 Å². The Hall–Kier alpha value is -2.89. The molecule has 0 spiro atoms. The van der Waals surface area contributed by atoms with Crippen LogP contribution >= 0.6 is 0 Å². The van der Waals surface area contributed by atoms with Gasteiger partial charge in [0.1, 0.15) is 13.2 Å². The Morgan fingerprint density at radius 3 is 0.870 bits per heavy atom. The van der Waals surface area contributed by atoms with E-state index in [1.165, 1.54) is 193 Å². The van der Waals surface area contributed by atoms with E-state index >= 15 is 0 Å². The van der Waals surface area contributed by atoms with E-state index in [0.717, 1.165) is 64.2 Å². The molecule has 0 N–H and O–H groups in total. The van der Waals surface area contributed by atoms with Gasteiger partial charge < -0.3 is 14.2 Å². The average Bonchev–Trinajstić information content (AvgIpc) is 3.35. The summed E-state index contributed by atoms with van der Waals surface area (Å²) in [7, 11) is 0. The second kappa shape index (κ2) is 57.7. The van der Waals surface area contributed by atoms with Crippen LogP contribution in [0.2, 0.25) is 0 Å². The van der Waals surface area contributed by atoms with Gasteiger partial charge in [0, 0.05) is 19.3 Å². The predicted molar refractivity (Wildman–Crippen MR) is 298 cm³/mol. The molecule has 0 bridgehead atoms. The van der Waals surface area contributed by atoms with Crippen LogP contribution in [0.1, 0.15) is 303 Å². The molecule has 0 aliphatic carbocycles. The van der Waals surface area contributed by atoms with Crippen LogP contribution in [0.5, 0.6) is 0 Å². The maximum absolute atomic E-state index is 12.8. The largest absolute Gasteiger partial charge is 0.462 e. The van der Waals surface area contributed by atoms with Gasteiger partial charge in [0.05, 0.1) is 0 Å². The molecule has 0 aliphatic heterocycles. The fourth-order valence-electron chi connectivity index (χ4n) is 8.55. The smallest absolute Gasteiger partial charge is 0.306 e. The van der Waals surface area contributed by atoms with E-state index in [2.05, 4.69) is 75.5 Å². The summed E-state index contributed by atoms with van der Waals surface area (Å²) in [5.41, 5.74) is 0. The number of allylic oxidation sites excluding steroid dienone is 10. The van der Waals surface area contributed by atoms with Crippen LogP contribution in [0.15, 0.2) is 60.8 Å². The third-order valence-electron chi connectivity index (χ3n) is 13.0.